The lowest BCUT2D eigenvalue weighted by molar-refractivity contribution is 0.526. The third-order valence-corrected chi connectivity index (χ3v) is 4.46. The molecule has 22 heavy (non-hydrogen) atoms. The highest BCUT2D eigenvalue weighted by atomic mass is 15.0. The second kappa shape index (κ2) is 25.9. The molecule has 0 saturated carbocycles. The van der Waals surface area contributed by atoms with E-state index in [-0.39, 0.29) is 0 Å². The zero-order valence-corrected chi connectivity index (χ0v) is 15.9. The molecule has 0 radical (unpaired) electrons. The van der Waals surface area contributed by atoms with Crippen LogP contribution >= 0.6 is 0 Å². The van der Waals surface area contributed by atoms with Crippen molar-refractivity contribution >= 4 is 0 Å². The Hall–Kier alpha value is -0.0800. The molecule has 0 aromatic heterocycles. The maximum absolute atomic E-state index is 4.00. The monoisotopic (exact) mass is 314 g/mol. The van der Waals surface area contributed by atoms with Gasteiger partial charge < -0.3 is 0 Å². The Labute approximate surface area is 141 Å². The van der Waals surface area contributed by atoms with E-state index in [2.05, 4.69) is 25.5 Å². The van der Waals surface area contributed by atoms with Gasteiger partial charge in [0.15, 0.2) is 0 Å². The molecule has 0 saturated heterocycles. The second-order valence-corrected chi connectivity index (χ2v) is 6.66. The summed E-state index contributed by atoms with van der Waals surface area (Å²) in [7, 11) is 0. The Balaban J connectivity index is 0. The van der Waals surface area contributed by atoms with Crippen molar-refractivity contribution in [2.75, 3.05) is 0 Å². The topological polar surface area (TPSA) is 52.0 Å². The molecule has 0 aliphatic rings. The molecule has 0 heterocycles. The van der Waals surface area contributed by atoms with Crippen LogP contribution in [-0.4, -0.2) is 0 Å². The predicted molar refractivity (Wildman–Crippen MR) is 103 cm³/mol. The Morgan fingerprint density at radius 2 is 0.455 bits per heavy atom. The van der Waals surface area contributed by atoms with E-state index in [1.807, 2.05) is 0 Å². The van der Waals surface area contributed by atoms with Crippen molar-refractivity contribution in [3.05, 3.63) is 0 Å². The van der Waals surface area contributed by atoms with Crippen molar-refractivity contribution in [1.29, 1.82) is 0 Å². The molecular weight excluding hydrogens is 268 g/mol. The molecule has 0 unspecified atom stereocenters. The number of hydrogen-bond acceptors (Lipinski definition) is 2. The third-order valence-electron chi connectivity index (χ3n) is 4.46. The minimum atomic E-state index is 1.37. The van der Waals surface area contributed by atoms with Crippen LogP contribution in [0.4, 0.5) is 0 Å². The summed E-state index contributed by atoms with van der Waals surface area (Å²) in [5.74, 6) is 8.00. The van der Waals surface area contributed by atoms with Gasteiger partial charge >= 0.3 is 0 Å². The van der Waals surface area contributed by atoms with Crippen LogP contribution in [0, 0.1) is 0 Å². The molecule has 0 fully saturated rings. The van der Waals surface area contributed by atoms with Crippen LogP contribution in [0.3, 0.4) is 0 Å². The first-order valence-electron chi connectivity index (χ1n) is 10.2. The van der Waals surface area contributed by atoms with Crippen molar-refractivity contribution < 1.29 is 0 Å². The quantitative estimate of drug-likeness (QED) is 0.175. The van der Waals surface area contributed by atoms with Gasteiger partial charge in [-0.25, -0.2) is 0 Å². The lowest BCUT2D eigenvalue weighted by Crippen LogP contribution is -2.02. The van der Waals surface area contributed by atoms with Crippen LogP contribution in [0.25, 0.3) is 0 Å². The fraction of sp³-hybridized carbons (Fsp3) is 1.00. The highest BCUT2D eigenvalue weighted by Crippen LogP contribution is 2.14. The molecule has 0 bridgehead atoms. The van der Waals surface area contributed by atoms with Crippen LogP contribution < -0.4 is 11.7 Å². The molecule has 0 atom stereocenters. The van der Waals surface area contributed by atoms with E-state index >= 15 is 0 Å². The largest absolute Gasteiger partial charge is 0.274 e. The number of unbranched alkanes of at least 4 members (excludes halogenated alkanes) is 17. The van der Waals surface area contributed by atoms with Crippen LogP contribution in [0.15, 0.2) is 0 Å². The fourth-order valence-electron chi connectivity index (χ4n) is 2.97. The molecule has 0 amide bonds. The molecular formula is C20H46N2. The molecule has 0 aromatic carbocycles. The highest BCUT2D eigenvalue weighted by molar-refractivity contribution is 4.49. The highest BCUT2D eigenvalue weighted by Gasteiger charge is 1.94. The average Bonchev–Trinajstić information content (AvgIpc) is 2.56. The van der Waals surface area contributed by atoms with Crippen molar-refractivity contribution in [2.45, 2.75) is 129 Å². The van der Waals surface area contributed by atoms with Crippen LogP contribution in [0.1, 0.15) is 129 Å². The normalized spacial score (nSPS) is 10.4. The molecule has 2 heteroatoms. The van der Waals surface area contributed by atoms with Gasteiger partial charge in [0.05, 0.1) is 0 Å². The van der Waals surface area contributed by atoms with Gasteiger partial charge in [-0.1, -0.05) is 129 Å². The Bertz CT molecular complexity index is 142. The van der Waals surface area contributed by atoms with Crippen molar-refractivity contribution in [3.63, 3.8) is 0 Å². The number of nitrogens with two attached hydrogens (primary N) is 2. The smallest absolute Gasteiger partial charge is 0.0533 e. The maximum Gasteiger partial charge on any atom is -0.0533 e. The van der Waals surface area contributed by atoms with E-state index in [9.17, 15) is 0 Å². The Morgan fingerprint density at radius 3 is 0.591 bits per heavy atom. The van der Waals surface area contributed by atoms with Crippen molar-refractivity contribution in [1.82, 2.24) is 0 Å². The fourth-order valence-corrected chi connectivity index (χ4v) is 2.97. The average molecular weight is 315 g/mol. The summed E-state index contributed by atoms with van der Waals surface area (Å²) in [6.45, 7) is 4.59. The number of hydrazine groups is 1. The summed E-state index contributed by atoms with van der Waals surface area (Å²) in [6, 6.07) is 0. The Morgan fingerprint density at radius 1 is 0.318 bits per heavy atom. The van der Waals surface area contributed by atoms with Gasteiger partial charge in [-0.3, -0.25) is 11.7 Å². The van der Waals surface area contributed by atoms with Gasteiger partial charge in [-0.05, 0) is 0 Å². The van der Waals surface area contributed by atoms with E-state index in [4.69, 9.17) is 0 Å². The van der Waals surface area contributed by atoms with Gasteiger partial charge in [0.2, 0.25) is 0 Å². The SMILES string of the molecule is CCCCCCCCCCCCCCCCCCCC.NN. The predicted octanol–water partition coefficient (Wildman–Crippen LogP) is 6.87. The summed E-state index contributed by atoms with van der Waals surface area (Å²) >= 11 is 0. The maximum atomic E-state index is 4.00. The summed E-state index contributed by atoms with van der Waals surface area (Å²) in [6.07, 6.45) is 26.4. The molecule has 136 valence electrons. The molecule has 0 aromatic rings. The van der Waals surface area contributed by atoms with Gasteiger partial charge in [0.25, 0.3) is 0 Å². The summed E-state index contributed by atoms with van der Waals surface area (Å²) in [5, 5.41) is 0. The first-order valence-corrected chi connectivity index (χ1v) is 10.2. The third kappa shape index (κ3) is 24.9. The van der Waals surface area contributed by atoms with Gasteiger partial charge in [-0.2, -0.15) is 0 Å². The zero-order valence-electron chi connectivity index (χ0n) is 15.9. The van der Waals surface area contributed by atoms with Crippen LogP contribution in [0.5, 0.6) is 0 Å². The molecule has 0 aliphatic carbocycles. The Kier molecular flexibility index (Phi) is 28.4. The van der Waals surface area contributed by atoms with E-state index in [0.717, 1.165) is 0 Å². The van der Waals surface area contributed by atoms with E-state index in [1.54, 1.807) is 0 Å². The van der Waals surface area contributed by atoms with Crippen LogP contribution in [-0.2, 0) is 0 Å². The second-order valence-electron chi connectivity index (χ2n) is 6.66. The lowest BCUT2D eigenvalue weighted by atomic mass is 10.0. The number of rotatable bonds is 17. The summed E-state index contributed by atoms with van der Waals surface area (Å²) < 4.78 is 0. The minimum absolute atomic E-state index is 1.37. The van der Waals surface area contributed by atoms with E-state index in [0.29, 0.717) is 0 Å². The summed E-state index contributed by atoms with van der Waals surface area (Å²) in [5.41, 5.74) is 0. The van der Waals surface area contributed by atoms with Gasteiger partial charge in [0.1, 0.15) is 0 Å². The van der Waals surface area contributed by atoms with E-state index < -0.39 is 0 Å². The van der Waals surface area contributed by atoms with Crippen molar-refractivity contribution in [3.8, 4) is 0 Å². The molecule has 4 N–H and O–H groups in total. The minimum Gasteiger partial charge on any atom is -0.274 e. The lowest BCUT2D eigenvalue weighted by Gasteiger charge is -2.03. The molecule has 0 rings (SSSR count). The molecule has 0 spiro atoms. The number of hydrogen-bond donors (Lipinski definition) is 2. The van der Waals surface area contributed by atoms with E-state index in [1.165, 1.54) is 116 Å². The first-order chi connectivity index (χ1) is 10.9. The van der Waals surface area contributed by atoms with Crippen molar-refractivity contribution in [2.24, 2.45) is 11.7 Å². The standard InChI is InChI=1S/C20H42.H4N2/c1-3-5-7-9-11-13-15-17-19-20-18-16-14-12-10-8-6-4-2;1-2/h3-20H2,1-2H3;1-2H2. The molecule has 2 nitrogen and oxygen atoms in total. The summed E-state index contributed by atoms with van der Waals surface area (Å²) in [4.78, 5) is 0. The molecule has 0 aliphatic heterocycles. The van der Waals surface area contributed by atoms with Gasteiger partial charge in [0, 0.05) is 0 Å². The van der Waals surface area contributed by atoms with Crippen LogP contribution in [0.2, 0.25) is 0 Å². The van der Waals surface area contributed by atoms with Gasteiger partial charge in [-0.15, -0.1) is 0 Å². The first kappa shape index (κ1) is 24.2. The zero-order chi connectivity index (χ0) is 16.7.